The molecule has 2 saturated heterocycles. The molecule has 2 atom stereocenters. The molecule has 2 aromatic rings. The molecule has 2 aliphatic heterocycles. The van der Waals surface area contributed by atoms with Gasteiger partial charge in [0.15, 0.2) is 0 Å². The van der Waals surface area contributed by atoms with Gasteiger partial charge in [-0.05, 0) is 87.3 Å². The molecule has 30 heavy (non-hydrogen) atoms. The van der Waals surface area contributed by atoms with E-state index in [0.717, 1.165) is 6.42 Å². The average molecular weight is 427 g/mol. The highest BCUT2D eigenvalue weighted by Crippen LogP contribution is 2.31. The Bertz CT molecular complexity index is 880. The smallest absolute Gasteiger partial charge is 0.338 e. The van der Waals surface area contributed by atoms with Crippen molar-refractivity contribution in [3.05, 3.63) is 64.7 Å². The van der Waals surface area contributed by atoms with Crippen molar-refractivity contribution in [3.8, 4) is 0 Å². The summed E-state index contributed by atoms with van der Waals surface area (Å²) in [5.74, 6) is -0.101. The number of carbonyl (C=O) groups excluding carboxylic acids is 2. The largest absolute Gasteiger partial charge is 0.462 e. The summed E-state index contributed by atoms with van der Waals surface area (Å²) < 4.78 is 5.65. The van der Waals surface area contributed by atoms with Gasteiger partial charge in [0.2, 0.25) is 0 Å². The van der Waals surface area contributed by atoms with Crippen LogP contribution in [0, 0.1) is 5.92 Å². The second-order valence-corrected chi connectivity index (χ2v) is 8.57. The van der Waals surface area contributed by atoms with Crippen molar-refractivity contribution in [1.82, 2.24) is 4.90 Å². The van der Waals surface area contributed by atoms with E-state index < -0.39 is 0 Å². The number of anilines is 1. The highest BCUT2D eigenvalue weighted by atomic mass is 35.5. The Labute approximate surface area is 182 Å². The van der Waals surface area contributed by atoms with Crippen LogP contribution in [-0.4, -0.2) is 42.5 Å². The quantitative estimate of drug-likeness (QED) is 0.682. The van der Waals surface area contributed by atoms with Crippen LogP contribution in [0.15, 0.2) is 48.5 Å². The third-order valence-corrected chi connectivity index (χ3v) is 6.39. The van der Waals surface area contributed by atoms with Gasteiger partial charge in [0.05, 0.1) is 12.2 Å². The van der Waals surface area contributed by atoms with E-state index in [-0.39, 0.29) is 11.9 Å². The van der Waals surface area contributed by atoms with Crippen molar-refractivity contribution < 1.29 is 14.3 Å². The molecule has 1 N–H and O–H groups in total. The number of hydrogen-bond acceptors (Lipinski definition) is 4. The van der Waals surface area contributed by atoms with Crippen LogP contribution in [0.4, 0.5) is 5.69 Å². The zero-order valence-electron chi connectivity index (χ0n) is 17.0. The minimum Gasteiger partial charge on any atom is -0.462 e. The lowest BCUT2D eigenvalue weighted by Gasteiger charge is -2.44. The van der Waals surface area contributed by atoms with Crippen LogP contribution in [0.1, 0.15) is 52.8 Å². The molecule has 2 aliphatic rings. The lowest BCUT2D eigenvalue weighted by atomic mass is 9.84. The number of piperidine rings is 2. The van der Waals surface area contributed by atoms with E-state index in [1.54, 1.807) is 48.5 Å². The number of benzene rings is 2. The first-order valence-corrected chi connectivity index (χ1v) is 11.1. The third kappa shape index (κ3) is 5.02. The maximum absolute atomic E-state index is 12.5. The van der Waals surface area contributed by atoms with Gasteiger partial charge < -0.3 is 10.1 Å². The van der Waals surface area contributed by atoms with Gasteiger partial charge in [-0.3, -0.25) is 9.69 Å². The molecular weight excluding hydrogens is 400 g/mol. The van der Waals surface area contributed by atoms with Crippen LogP contribution >= 0.6 is 11.6 Å². The summed E-state index contributed by atoms with van der Waals surface area (Å²) in [6, 6.07) is 14.1. The predicted molar refractivity (Wildman–Crippen MR) is 118 cm³/mol. The van der Waals surface area contributed by atoms with Gasteiger partial charge in [0, 0.05) is 28.2 Å². The Balaban J connectivity index is 1.30. The summed E-state index contributed by atoms with van der Waals surface area (Å²) in [6.07, 6.45) is 6.08. The Hall–Kier alpha value is -2.37. The van der Waals surface area contributed by atoms with Crippen LogP contribution in [0.5, 0.6) is 0 Å². The molecule has 0 radical (unpaired) electrons. The van der Waals surface area contributed by atoms with E-state index in [4.69, 9.17) is 16.3 Å². The number of ether oxygens (including phenoxy) is 1. The summed E-state index contributed by atoms with van der Waals surface area (Å²) in [5, 5.41) is 3.40. The number of esters is 1. The number of carbonyl (C=O) groups is 2. The summed E-state index contributed by atoms with van der Waals surface area (Å²) in [4.78, 5) is 27.4. The standard InChI is InChI=1S/C24H27ClN2O3/c25-20-10-6-17(7-11-20)23(28)26-21-12-8-18(9-13-21)24(29)30-16-19-4-3-15-27-14-2-1-5-22(19)27/h6-13,19,22H,1-5,14-16H2,(H,26,28)/t19-,22-/m1/s1. The number of fused-ring (bicyclic) bond motifs is 1. The van der Waals surface area contributed by atoms with Crippen LogP contribution in [-0.2, 0) is 4.74 Å². The molecular formula is C24H27ClN2O3. The molecule has 2 heterocycles. The number of amides is 1. The van der Waals surface area contributed by atoms with Crippen LogP contribution in [0.3, 0.4) is 0 Å². The average Bonchev–Trinajstić information content (AvgIpc) is 2.78. The van der Waals surface area contributed by atoms with E-state index in [2.05, 4.69) is 10.2 Å². The zero-order valence-corrected chi connectivity index (χ0v) is 17.7. The molecule has 0 unspecified atom stereocenters. The van der Waals surface area contributed by atoms with E-state index in [9.17, 15) is 9.59 Å². The van der Waals surface area contributed by atoms with Crippen LogP contribution in [0.25, 0.3) is 0 Å². The van der Waals surface area contributed by atoms with Gasteiger partial charge in [0.25, 0.3) is 5.91 Å². The second kappa shape index (κ2) is 9.63. The summed E-state index contributed by atoms with van der Waals surface area (Å²) in [6.45, 7) is 2.84. The Morgan fingerprint density at radius 1 is 0.933 bits per heavy atom. The van der Waals surface area contributed by atoms with Gasteiger partial charge in [-0.1, -0.05) is 18.0 Å². The predicted octanol–water partition coefficient (Wildman–Crippen LogP) is 5.01. The van der Waals surface area contributed by atoms with E-state index >= 15 is 0 Å². The first kappa shape index (κ1) is 20.9. The van der Waals surface area contributed by atoms with Gasteiger partial charge in [0.1, 0.15) is 0 Å². The van der Waals surface area contributed by atoms with Crippen molar-refractivity contribution in [2.24, 2.45) is 5.92 Å². The van der Waals surface area contributed by atoms with Crippen LogP contribution < -0.4 is 5.32 Å². The molecule has 1 amide bonds. The van der Waals surface area contributed by atoms with Crippen molar-refractivity contribution in [1.29, 1.82) is 0 Å². The number of rotatable bonds is 5. The molecule has 2 fully saturated rings. The molecule has 0 aliphatic carbocycles. The number of nitrogens with zero attached hydrogens (tertiary/aromatic N) is 1. The molecule has 5 nitrogen and oxygen atoms in total. The van der Waals surface area contributed by atoms with Gasteiger partial charge in [-0.15, -0.1) is 0 Å². The topological polar surface area (TPSA) is 58.6 Å². The monoisotopic (exact) mass is 426 g/mol. The second-order valence-electron chi connectivity index (χ2n) is 8.14. The first-order chi connectivity index (χ1) is 14.6. The zero-order chi connectivity index (χ0) is 20.9. The summed E-state index contributed by atoms with van der Waals surface area (Å²) in [7, 11) is 0. The Morgan fingerprint density at radius 3 is 2.40 bits per heavy atom. The van der Waals surface area contributed by atoms with E-state index in [1.165, 1.54) is 38.8 Å². The third-order valence-electron chi connectivity index (χ3n) is 6.14. The fourth-order valence-electron chi connectivity index (χ4n) is 4.53. The lowest BCUT2D eigenvalue weighted by molar-refractivity contribution is 0.00739. The molecule has 6 heteroatoms. The van der Waals surface area contributed by atoms with Crippen molar-refractivity contribution in [2.75, 3.05) is 25.0 Å². The fourth-order valence-corrected chi connectivity index (χ4v) is 4.66. The Morgan fingerprint density at radius 2 is 1.63 bits per heavy atom. The first-order valence-electron chi connectivity index (χ1n) is 10.7. The highest BCUT2D eigenvalue weighted by molar-refractivity contribution is 6.30. The molecule has 158 valence electrons. The normalized spacial score (nSPS) is 21.5. The van der Waals surface area contributed by atoms with Crippen molar-refractivity contribution in [3.63, 3.8) is 0 Å². The summed E-state index contributed by atoms with van der Waals surface area (Å²) in [5.41, 5.74) is 1.64. The number of hydrogen-bond donors (Lipinski definition) is 1. The molecule has 0 bridgehead atoms. The number of halogens is 1. The van der Waals surface area contributed by atoms with Gasteiger partial charge >= 0.3 is 5.97 Å². The maximum atomic E-state index is 12.5. The van der Waals surface area contributed by atoms with Crippen molar-refractivity contribution in [2.45, 2.75) is 38.1 Å². The number of nitrogens with one attached hydrogen (secondary N) is 1. The minimum absolute atomic E-state index is 0.226. The van der Waals surface area contributed by atoms with Crippen LogP contribution in [0.2, 0.25) is 5.02 Å². The fraction of sp³-hybridized carbons (Fsp3) is 0.417. The van der Waals surface area contributed by atoms with Gasteiger partial charge in [-0.25, -0.2) is 4.79 Å². The molecule has 0 saturated carbocycles. The SMILES string of the molecule is O=C(Nc1ccc(C(=O)OC[C@H]2CCCN3CCCC[C@H]23)cc1)c1ccc(Cl)cc1. The Kier molecular flexibility index (Phi) is 6.70. The van der Waals surface area contributed by atoms with E-state index in [1.807, 2.05) is 0 Å². The molecule has 4 rings (SSSR count). The van der Waals surface area contributed by atoms with Crippen molar-refractivity contribution >= 4 is 29.2 Å². The van der Waals surface area contributed by atoms with E-state index in [0.29, 0.717) is 40.4 Å². The molecule has 0 aromatic heterocycles. The highest BCUT2D eigenvalue weighted by Gasteiger charge is 2.33. The molecule has 2 aromatic carbocycles. The minimum atomic E-state index is -0.307. The van der Waals surface area contributed by atoms with Gasteiger partial charge in [-0.2, -0.15) is 0 Å². The maximum Gasteiger partial charge on any atom is 0.338 e. The lowest BCUT2D eigenvalue weighted by Crippen LogP contribution is -2.49. The molecule has 0 spiro atoms. The summed E-state index contributed by atoms with van der Waals surface area (Å²) >= 11 is 5.85.